The van der Waals surface area contributed by atoms with Crippen LogP contribution in [0.5, 0.6) is 0 Å². The maximum Gasteiger partial charge on any atom is 0.264 e. The van der Waals surface area contributed by atoms with Crippen molar-refractivity contribution in [2.45, 2.75) is 18.4 Å². The molecule has 1 saturated heterocycles. The van der Waals surface area contributed by atoms with Crippen molar-refractivity contribution in [1.29, 1.82) is 0 Å². The van der Waals surface area contributed by atoms with E-state index in [9.17, 15) is 17.6 Å². The van der Waals surface area contributed by atoms with Gasteiger partial charge >= 0.3 is 0 Å². The normalized spacial score (nSPS) is 13.9. The minimum atomic E-state index is -4.09. The first-order chi connectivity index (χ1) is 16.8. The molecule has 0 radical (unpaired) electrons. The molecule has 4 rings (SSSR count). The molecule has 1 aliphatic rings. The molecule has 35 heavy (non-hydrogen) atoms. The van der Waals surface area contributed by atoms with Gasteiger partial charge in [-0.3, -0.25) is 9.10 Å². The van der Waals surface area contributed by atoms with Gasteiger partial charge in [0.05, 0.1) is 23.8 Å². The van der Waals surface area contributed by atoms with E-state index in [0.29, 0.717) is 18.9 Å². The van der Waals surface area contributed by atoms with Gasteiger partial charge in [0.1, 0.15) is 12.4 Å². The summed E-state index contributed by atoms with van der Waals surface area (Å²) in [7, 11) is -4.09. The molecule has 3 aromatic rings. The highest BCUT2D eigenvalue weighted by atomic mass is 32.2. The number of carbonyl (C=O) groups is 1. The third-order valence-corrected chi connectivity index (χ3v) is 7.60. The Morgan fingerprint density at radius 3 is 2.23 bits per heavy atom. The molecule has 1 aliphatic heterocycles. The van der Waals surface area contributed by atoms with E-state index in [2.05, 4.69) is 10.2 Å². The molecule has 9 heteroatoms. The fourth-order valence-corrected chi connectivity index (χ4v) is 5.21. The Bertz CT molecular complexity index is 1240. The Kier molecular flexibility index (Phi) is 7.67. The average molecular weight is 498 g/mol. The predicted molar refractivity (Wildman–Crippen MR) is 133 cm³/mol. The maximum atomic E-state index is 13.4. The molecule has 0 spiro atoms. The Morgan fingerprint density at radius 1 is 0.971 bits per heavy atom. The third-order valence-electron chi connectivity index (χ3n) is 5.81. The molecule has 184 valence electrons. The highest BCUT2D eigenvalue weighted by Gasteiger charge is 2.27. The number of ether oxygens (including phenoxy) is 1. The molecule has 1 fully saturated rings. The van der Waals surface area contributed by atoms with E-state index < -0.39 is 28.3 Å². The van der Waals surface area contributed by atoms with Gasteiger partial charge in [-0.15, -0.1) is 0 Å². The van der Waals surface area contributed by atoms with Gasteiger partial charge in [-0.1, -0.05) is 29.8 Å². The van der Waals surface area contributed by atoms with Gasteiger partial charge in [0.15, 0.2) is 0 Å². The van der Waals surface area contributed by atoms with Crippen molar-refractivity contribution in [3.05, 3.63) is 89.7 Å². The average Bonchev–Trinajstić information content (AvgIpc) is 2.88. The fraction of sp³-hybridized carbons (Fsp3) is 0.269. The SMILES string of the molecule is Cc1ccc(N(CC(=O)NCc2ccc(N3CCOCC3)cc2)S(=O)(=O)c2ccc(F)cc2)cc1. The topological polar surface area (TPSA) is 79.0 Å². The Morgan fingerprint density at radius 2 is 1.60 bits per heavy atom. The van der Waals surface area contributed by atoms with Gasteiger partial charge in [0, 0.05) is 25.3 Å². The summed E-state index contributed by atoms with van der Waals surface area (Å²) < 4.78 is 46.5. The van der Waals surface area contributed by atoms with Crippen LogP contribution < -0.4 is 14.5 Å². The molecule has 1 N–H and O–H groups in total. The zero-order valence-corrected chi connectivity index (χ0v) is 20.3. The monoisotopic (exact) mass is 497 g/mol. The molecule has 0 unspecified atom stereocenters. The summed E-state index contributed by atoms with van der Waals surface area (Å²) in [6.07, 6.45) is 0. The molecular weight excluding hydrogens is 469 g/mol. The van der Waals surface area contributed by atoms with Gasteiger partial charge in [-0.25, -0.2) is 12.8 Å². The summed E-state index contributed by atoms with van der Waals surface area (Å²) in [5, 5.41) is 2.80. The number of hydrogen-bond donors (Lipinski definition) is 1. The number of sulfonamides is 1. The Labute approximate surface area is 205 Å². The number of anilines is 2. The van der Waals surface area contributed by atoms with Crippen LogP contribution >= 0.6 is 0 Å². The van der Waals surface area contributed by atoms with Crippen LogP contribution in [0.15, 0.2) is 77.7 Å². The van der Waals surface area contributed by atoms with Crippen LogP contribution in [-0.2, 0) is 26.1 Å². The van der Waals surface area contributed by atoms with Crippen LogP contribution in [0.2, 0.25) is 0 Å². The van der Waals surface area contributed by atoms with Crippen molar-refractivity contribution in [1.82, 2.24) is 5.32 Å². The third kappa shape index (κ3) is 6.17. The zero-order valence-electron chi connectivity index (χ0n) is 19.5. The van der Waals surface area contributed by atoms with E-state index in [-0.39, 0.29) is 11.4 Å². The van der Waals surface area contributed by atoms with Gasteiger partial charge in [-0.2, -0.15) is 0 Å². The molecular formula is C26H28FN3O4S. The second kappa shape index (κ2) is 10.9. The molecule has 7 nitrogen and oxygen atoms in total. The standard InChI is InChI=1S/C26H28FN3O4S/c1-20-2-8-24(9-3-20)30(35(32,33)25-12-6-22(27)7-13-25)19-26(31)28-18-21-4-10-23(11-5-21)29-14-16-34-17-15-29/h2-13H,14-19H2,1H3,(H,28,31). The zero-order chi connectivity index (χ0) is 24.8. The number of nitrogens with zero attached hydrogens (tertiary/aromatic N) is 2. The maximum absolute atomic E-state index is 13.4. The minimum Gasteiger partial charge on any atom is -0.378 e. The van der Waals surface area contributed by atoms with Crippen LogP contribution in [0.3, 0.4) is 0 Å². The first-order valence-electron chi connectivity index (χ1n) is 11.4. The predicted octanol–water partition coefficient (Wildman–Crippen LogP) is 3.48. The lowest BCUT2D eigenvalue weighted by Crippen LogP contribution is -2.40. The molecule has 3 aromatic carbocycles. The Hall–Kier alpha value is -3.43. The van der Waals surface area contributed by atoms with Crippen molar-refractivity contribution in [3.63, 3.8) is 0 Å². The largest absolute Gasteiger partial charge is 0.378 e. The lowest BCUT2D eigenvalue weighted by molar-refractivity contribution is -0.119. The number of halogens is 1. The fourth-order valence-electron chi connectivity index (χ4n) is 3.79. The van der Waals surface area contributed by atoms with E-state index in [1.165, 1.54) is 12.1 Å². The minimum absolute atomic E-state index is 0.0917. The number of nitrogens with one attached hydrogen (secondary N) is 1. The van der Waals surface area contributed by atoms with Gasteiger partial charge in [-0.05, 0) is 61.0 Å². The van der Waals surface area contributed by atoms with Crippen molar-refractivity contribution in [2.75, 3.05) is 42.1 Å². The molecule has 1 amide bonds. The van der Waals surface area contributed by atoms with Crippen LogP contribution in [0.1, 0.15) is 11.1 Å². The molecule has 0 atom stereocenters. The summed E-state index contributed by atoms with van der Waals surface area (Å²) >= 11 is 0. The second-order valence-corrected chi connectivity index (χ2v) is 10.2. The van der Waals surface area contributed by atoms with Crippen LogP contribution in [0.25, 0.3) is 0 Å². The first kappa shape index (κ1) is 24.7. The summed E-state index contributed by atoms with van der Waals surface area (Å²) in [6.45, 7) is 4.84. The number of rotatable bonds is 8. The number of carbonyl (C=O) groups excluding carboxylic acids is 1. The molecule has 0 aromatic heterocycles. The molecule has 0 saturated carbocycles. The highest BCUT2D eigenvalue weighted by molar-refractivity contribution is 7.92. The lowest BCUT2D eigenvalue weighted by atomic mass is 10.2. The number of amides is 1. The number of aryl methyl sites for hydroxylation is 1. The molecule has 0 bridgehead atoms. The van der Waals surface area contributed by atoms with Crippen LogP contribution in [0.4, 0.5) is 15.8 Å². The first-order valence-corrected chi connectivity index (χ1v) is 12.8. The van der Waals surface area contributed by atoms with Gasteiger partial charge < -0.3 is 15.0 Å². The van der Waals surface area contributed by atoms with Crippen molar-refractivity contribution >= 4 is 27.3 Å². The van der Waals surface area contributed by atoms with E-state index in [1.807, 2.05) is 31.2 Å². The van der Waals surface area contributed by atoms with Gasteiger partial charge in [0.2, 0.25) is 5.91 Å². The van der Waals surface area contributed by atoms with Crippen LogP contribution in [0, 0.1) is 12.7 Å². The quantitative estimate of drug-likeness (QED) is 0.516. The summed E-state index contributed by atoms with van der Waals surface area (Å²) in [5.74, 6) is -0.989. The van der Waals surface area contributed by atoms with E-state index >= 15 is 0 Å². The van der Waals surface area contributed by atoms with E-state index in [1.54, 1.807) is 24.3 Å². The summed E-state index contributed by atoms with van der Waals surface area (Å²) in [4.78, 5) is 15.0. The summed E-state index contributed by atoms with van der Waals surface area (Å²) in [5.41, 5.74) is 3.31. The molecule has 1 heterocycles. The Balaban J connectivity index is 1.46. The van der Waals surface area contributed by atoms with Gasteiger partial charge in [0.25, 0.3) is 10.0 Å². The van der Waals surface area contributed by atoms with E-state index in [0.717, 1.165) is 46.3 Å². The van der Waals surface area contributed by atoms with E-state index in [4.69, 9.17) is 4.74 Å². The van der Waals surface area contributed by atoms with Crippen molar-refractivity contribution in [3.8, 4) is 0 Å². The number of hydrogen-bond acceptors (Lipinski definition) is 5. The lowest BCUT2D eigenvalue weighted by Gasteiger charge is -2.29. The smallest absolute Gasteiger partial charge is 0.264 e. The van der Waals surface area contributed by atoms with Crippen LogP contribution in [-0.4, -0.2) is 47.2 Å². The van der Waals surface area contributed by atoms with Crippen molar-refractivity contribution < 1.29 is 22.3 Å². The number of benzene rings is 3. The highest BCUT2D eigenvalue weighted by Crippen LogP contribution is 2.24. The summed E-state index contributed by atoms with van der Waals surface area (Å²) in [6, 6.07) is 19.3. The second-order valence-electron chi connectivity index (χ2n) is 8.34. The van der Waals surface area contributed by atoms with Crippen molar-refractivity contribution in [2.24, 2.45) is 0 Å². The number of morpholine rings is 1. The molecule has 0 aliphatic carbocycles.